The molecule has 5 fully saturated rings. The van der Waals surface area contributed by atoms with Gasteiger partial charge in [0.1, 0.15) is 29.7 Å². The Labute approximate surface area is 262 Å². The lowest BCUT2D eigenvalue weighted by molar-refractivity contribution is 0.0640. The largest absolute Gasteiger partial charge is 0.508 e. The Balaban J connectivity index is 1.20. The number of halogens is 1. The predicted molar refractivity (Wildman–Crippen MR) is 169 cm³/mol. The molecule has 0 radical (unpaired) electrons. The highest BCUT2D eigenvalue weighted by atomic mass is 19.1. The molecule has 10 nitrogen and oxygen atoms in total. The summed E-state index contributed by atoms with van der Waals surface area (Å²) >= 11 is 0. The summed E-state index contributed by atoms with van der Waals surface area (Å²) in [6.45, 7) is 5.44. The van der Waals surface area contributed by atoms with Crippen LogP contribution in [0.25, 0.3) is 10.8 Å². The van der Waals surface area contributed by atoms with E-state index in [0.29, 0.717) is 59.8 Å². The van der Waals surface area contributed by atoms with E-state index in [1.165, 1.54) is 6.07 Å². The molecule has 238 valence electrons. The molecule has 45 heavy (non-hydrogen) atoms. The van der Waals surface area contributed by atoms with Gasteiger partial charge in [0, 0.05) is 54.8 Å². The Morgan fingerprint density at radius 1 is 1.16 bits per heavy atom. The van der Waals surface area contributed by atoms with Gasteiger partial charge in [0.15, 0.2) is 0 Å². The zero-order valence-corrected chi connectivity index (χ0v) is 25.8. The molecule has 4 atom stereocenters. The highest BCUT2D eigenvalue weighted by molar-refractivity contribution is 6.13. The van der Waals surface area contributed by atoms with Crippen LogP contribution >= 0.6 is 0 Å². The third-order valence-corrected chi connectivity index (χ3v) is 11.1. The van der Waals surface area contributed by atoms with E-state index in [2.05, 4.69) is 15.1 Å². The van der Waals surface area contributed by atoms with Crippen molar-refractivity contribution in [2.75, 3.05) is 49.2 Å². The number of aromatic hydroxyl groups is 1. The molecule has 0 saturated carbocycles. The number of amides is 1. The molecule has 2 unspecified atom stereocenters. The van der Waals surface area contributed by atoms with E-state index in [4.69, 9.17) is 14.7 Å². The van der Waals surface area contributed by atoms with E-state index in [1.807, 2.05) is 6.92 Å². The van der Waals surface area contributed by atoms with Crippen molar-refractivity contribution in [2.45, 2.75) is 82.0 Å². The first-order chi connectivity index (χ1) is 21.9. The number of benzene rings is 2. The zero-order valence-electron chi connectivity index (χ0n) is 25.8. The number of nitrogens with zero attached hydrogens (tertiary/aromatic N) is 5. The van der Waals surface area contributed by atoms with Crippen molar-refractivity contribution in [1.82, 2.24) is 20.2 Å². The van der Waals surface area contributed by atoms with Crippen LogP contribution < -0.4 is 19.9 Å². The maximum Gasteiger partial charge on any atom is 0.319 e. The van der Waals surface area contributed by atoms with Gasteiger partial charge < -0.3 is 30.1 Å². The lowest BCUT2D eigenvalue weighted by atomic mass is 9.91. The van der Waals surface area contributed by atoms with Crippen molar-refractivity contribution in [3.8, 4) is 11.8 Å². The van der Waals surface area contributed by atoms with Crippen molar-refractivity contribution < 1.29 is 24.1 Å². The first-order valence-electron chi connectivity index (χ1n) is 16.6. The average Bonchev–Trinajstić information content (AvgIpc) is 3.63. The molecule has 5 saturated heterocycles. The van der Waals surface area contributed by atoms with Gasteiger partial charge in [-0.15, -0.1) is 0 Å². The number of phenols is 1. The van der Waals surface area contributed by atoms with Gasteiger partial charge in [0.2, 0.25) is 0 Å². The van der Waals surface area contributed by atoms with Gasteiger partial charge in [0.05, 0.1) is 17.8 Å². The number of hydrogen-bond acceptors (Lipinski definition) is 9. The van der Waals surface area contributed by atoms with Gasteiger partial charge >= 0.3 is 6.01 Å². The van der Waals surface area contributed by atoms with Gasteiger partial charge in [0.25, 0.3) is 5.91 Å². The molecular weight excluding hydrogens is 575 g/mol. The Bertz CT molecular complexity index is 1660. The minimum Gasteiger partial charge on any atom is -0.508 e. The summed E-state index contributed by atoms with van der Waals surface area (Å²) in [5.74, 6) is 0.171. The lowest BCUT2D eigenvalue weighted by Crippen LogP contribution is -2.61. The Kier molecular flexibility index (Phi) is 7.11. The standard InChI is InChI=1S/C34H41FN6O4/c1-2-25-27(35)7-4-20-14-24(43)15-28(29(20)25)39-13-9-26-30(32(39)44)37-33(38-31(26)40-17-21-5-6-22(40)16-36-21)45-19-34-10-3-12-41(34)23(18-42)8-11-34/h4,7,14-15,21-23,36,42-43H,2-3,5-6,8-13,16-19H2,1H3/t21?,22?,23-,34-/m1/s1. The van der Waals surface area contributed by atoms with Crippen LogP contribution in [0.1, 0.15) is 67.1 Å². The molecule has 3 aromatic rings. The Morgan fingerprint density at radius 3 is 2.80 bits per heavy atom. The third-order valence-electron chi connectivity index (χ3n) is 11.1. The van der Waals surface area contributed by atoms with Crippen molar-refractivity contribution >= 4 is 28.2 Å². The second-order valence-electron chi connectivity index (χ2n) is 13.5. The topological polar surface area (TPSA) is 114 Å². The van der Waals surface area contributed by atoms with Crippen LogP contribution in [0.3, 0.4) is 0 Å². The molecule has 2 aromatic carbocycles. The fourth-order valence-electron chi connectivity index (χ4n) is 8.85. The predicted octanol–water partition coefficient (Wildman–Crippen LogP) is 3.55. The number of hydrogen-bond donors (Lipinski definition) is 3. The lowest BCUT2D eigenvalue weighted by Gasteiger charge is -2.47. The van der Waals surface area contributed by atoms with Crippen LogP contribution in [-0.4, -0.2) is 94.0 Å². The fraction of sp³-hybridized carbons (Fsp3) is 0.559. The maximum atomic E-state index is 15.0. The van der Waals surface area contributed by atoms with E-state index < -0.39 is 0 Å². The summed E-state index contributed by atoms with van der Waals surface area (Å²) in [6.07, 6.45) is 7.11. The summed E-state index contributed by atoms with van der Waals surface area (Å²) in [5, 5.41) is 25.5. The third kappa shape index (κ3) is 4.65. The molecule has 2 bridgehead atoms. The zero-order chi connectivity index (χ0) is 30.9. The minimum atomic E-state index is -0.327. The van der Waals surface area contributed by atoms with Gasteiger partial charge in [-0.1, -0.05) is 13.0 Å². The Hall–Kier alpha value is -3.54. The summed E-state index contributed by atoms with van der Waals surface area (Å²) in [6, 6.07) is 7.25. The number of rotatable bonds is 7. The van der Waals surface area contributed by atoms with Crippen LogP contribution in [0.15, 0.2) is 24.3 Å². The number of piperazine rings is 1. The molecule has 6 aliphatic heterocycles. The van der Waals surface area contributed by atoms with Crippen molar-refractivity contribution in [1.29, 1.82) is 0 Å². The van der Waals surface area contributed by atoms with E-state index in [1.54, 1.807) is 23.1 Å². The number of fused-ring (bicyclic) bond motifs is 6. The van der Waals surface area contributed by atoms with Crippen LogP contribution in [0.2, 0.25) is 0 Å². The van der Waals surface area contributed by atoms with E-state index in [-0.39, 0.29) is 47.7 Å². The van der Waals surface area contributed by atoms with Crippen LogP contribution in [-0.2, 0) is 12.8 Å². The molecule has 11 heteroatoms. The van der Waals surface area contributed by atoms with Gasteiger partial charge in [-0.25, -0.2) is 4.39 Å². The number of carbonyl (C=O) groups is 1. The SMILES string of the molecule is CCc1c(F)ccc2cc(O)cc(N3CCc4c(nc(OC[C@]56CCCN5[C@@H](CO)CC6)nc4N4CC5CCC4CN5)C3=O)c12. The molecule has 1 aromatic heterocycles. The van der Waals surface area contributed by atoms with Crippen LogP contribution in [0, 0.1) is 5.82 Å². The number of carbonyl (C=O) groups excluding carboxylic acids is 1. The number of nitrogens with one attached hydrogen (secondary N) is 1. The highest BCUT2D eigenvalue weighted by Gasteiger charge is 2.50. The maximum absolute atomic E-state index is 15.0. The van der Waals surface area contributed by atoms with Gasteiger partial charge in [-0.2, -0.15) is 9.97 Å². The summed E-state index contributed by atoms with van der Waals surface area (Å²) in [7, 11) is 0. The number of aliphatic hydroxyl groups is 1. The average molecular weight is 617 g/mol. The number of aliphatic hydroxyl groups excluding tert-OH is 1. The summed E-state index contributed by atoms with van der Waals surface area (Å²) < 4.78 is 21.5. The van der Waals surface area contributed by atoms with E-state index in [0.717, 1.165) is 69.5 Å². The quantitative estimate of drug-likeness (QED) is 0.367. The molecule has 3 N–H and O–H groups in total. The molecule has 9 rings (SSSR count). The Morgan fingerprint density at radius 2 is 2.04 bits per heavy atom. The fourth-order valence-corrected chi connectivity index (χ4v) is 8.85. The molecule has 0 spiro atoms. The summed E-state index contributed by atoms with van der Waals surface area (Å²) in [5.41, 5.74) is 1.98. The van der Waals surface area contributed by atoms with Gasteiger partial charge in [-0.05, 0) is 81.0 Å². The number of ether oxygens (including phenoxy) is 1. The number of aromatic nitrogens is 2. The smallest absolute Gasteiger partial charge is 0.319 e. The molecule has 6 aliphatic rings. The molecular formula is C34H41FN6O4. The van der Waals surface area contributed by atoms with Gasteiger partial charge in [-0.3, -0.25) is 9.69 Å². The van der Waals surface area contributed by atoms with E-state index >= 15 is 4.39 Å². The van der Waals surface area contributed by atoms with Crippen LogP contribution in [0.4, 0.5) is 15.9 Å². The second-order valence-corrected chi connectivity index (χ2v) is 13.5. The molecule has 1 amide bonds. The normalized spacial score (nSPS) is 27.8. The van der Waals surface area contributed by atoms with Crippen LogP contribution in [0.5, 0.6) is 11.8 Å². The number of piperidine rings is 2. The minimum absolute atomic E-state index is 0.0205. The summed E-state index contributed by atoms with van der Waals surface area (Å²) in [4.78, 5) is 30.6. The number of aryl methyl sites for hydroxylation is 1. The molecule has 0 aliphatic carbocycles. The number of anilines is 2. The first kappa shape index (κ1) is 28.9. The van der Waals surface area contributed by atoms with Crippen molar-refractivity contribution in [3.05, 3.63) is 46.9 Å². The highest BCUT2D eigenvalue weighted by Crippen LogP contribution is 2.43. The first-order valence-corrected chi connectivity index (χ1v) is 16.6. The second kappa shape index (κ2) is 11.1. The van der Waals surface area contributed by atoms with E-state index in [9.17, 15) is 15.0 Å². The molecule has 7 heterocycles. The monoisotopic (exact) mass is 616 g/mol. The number of phenolic OH excluding ortho intramolecular Hbond substituents is 1. The van der Waals surface area contributed by atoms with Crippen molar-refractivity contribution in [2.24, 2.45) is 0 Å². The van der Waals surface area contributed by atoms with Crippen molar-refractivity contribution in [3.63, 3.8) is 0 Å².